The zero-order valence-corrected chi connectivity index (χ0v) is 14.3. The maximum absolute atomic E-state index is 3.54. The molecule has 1 saturated heterocycles. The first-order valence-corrected chi connectivity index (χ1v) is 8.50. The fraction of sp³-hybridized carbons (Fsp3) is 0.400. The van der Waals surface area contributed by atoms with Crippen LogP contribution in [0.25, 0.3) is 0 Å². The number of hydrogen-bond donors (Lipinski definition) is 1. The normalized spacial score (nSPS) is 15.8. The van der Waals surface area contributed by atoms with Crippen LogP contribution in [0.1, 0.15) is 16.7 Å². The molecule has 1 aliphatic heterocycles. The van der Waals surface area contributed by atoms with E-state index in [1.54, 1.807) is 0 Å². The van der Waals surface area contributed by atoms with Crippen LogP contribution in [0.5, 0.6) is 0 Å². The van der Waals surface area contributed by atoms with Crippen LogP contribution in [0, 0.1) is 6.92 Å². The fourth-order valence-corrected chi connectivity index (χ4v) is 3.04. The first-order valence-electron chi connectivity index (χ1n) is 8.50. The predicted molar refractivity (Wildman–Crippen MR) is 97.9 cm³/mol. The first-order chi connectivity index (χ1) is 11.2. The second-order valence-electron chi connectivity index (χ2n) is 6.49. The van der Waals surface area contributed by atoms with Gasteiger partial charge in [-0.05, 0) is 42.8 Å². The van der Waals surface area contributed by atoms with E-state index >= 15 is 0 Å². The Balaban J connectivity index is 1.51. The molecule has 122 valence electrons. The van der Waals surface area contributed by atoms with Gasteiger partial charge in [0.05, 0.1) is 0 Å². The summed E-state index contributed by atoms with van der Waals surface area (Å²) in [6, 6.07) is 17.6. The molecular weight excluding hydrogens is 282 g/mol. The molecule has 2 aromatic carbocycles. The predicted octanol–water partition coefficient (Wildman–Crippen LogP) is 3.04. The topological polar surface area (TPSA) is 18.5 Å². The van der Waals surface area contributed by atoms with Crippen molar-refractivity contribution in [1.29, 1.82) is 0 Å². The van der Waals surface area contributed by atoms with Crippen molar-refractivity contribution in [3.05, 3.63) is 65.2 Å². The molecule has 0 aliphatic carbocycles. The molecule has 0 atom stereocenters. The van der Waals surface area contributed by atoms with Gasteiger partial charge in [0.25, 0.3) is 0 Å². The summed E-state index contributed by atoms with van der Waals surface area (Å²) in [4.78, 5) is 4.87. The van der Waals surface area contributed by atoms with Crippen molar-refractivity contribution in [1.82, 2.24) is 10.2 Å². The van der Waals surface area contributed by atoms with E-state index in [0.29, 0.717) is 0 Å². The van der Waals surface area contributed by atoms with Crippen molar-refractivity contribution in [2.75, 3.05) is 38.1 Å². The van der Waals surface area contributed by atoms with Crippen molar-refractivity contribution in [3.63, 3.8) is 0 Å². The molecule has 0 bridgehead atoms. The number of rotatable bonds is 5. The molecule has 1 N–H and O–H groups in total. The van der Waals surface area contributed by atoms with Gasteiger partial charge in [-0.15, -0.1) is 0 Å². The largest absolute Gasteiger partial charge is 0.369 e. The summed E-state index contributed by atoms with van der Waals surface area (Å²) in [6.07, 6.45) is 0. The lowest BCUT2D eigenvalue weighted by Crippen LogP contribution is -2.44. The Hall–Kier alpha value is -1.84. The molecule has 1 heterocycles. The smallest absolute Gasteiger partial charge is 0.0367 e. The molecule has 0 spiro atoms. The SMILES string of the molecule is Cc1ccccc1CNCc1ccc(N2CCN(C)CC2)cc1. The molecule has 0 saturated carbocycles. The van der Waals surface area contributed by atoms with Gasteiger partial charge in [-0.1, -0.05) is 36.4 Å². The monoisotopic (exact) mass is 309 g/mol. The van der Waals surface area contributed by atoms with Gasteiger partial charge in [0.15, 0.2) is 0 Å². The number of piperazine rings is 1. The number of anilines is 1. The van der Waals surface area contributed by atoms with E-state index in [1.807, 2.05) is 0 Å². The molecule has 0 amide bonds. The Morgan fingerprint density at radius 2 is 1.57 bits per heavy atom. The van der Waals surface area contributed by atoms with Crippen molar-refractivity contribution >= 4 is 5.69 Å². The Kier molecular flexibility index (Phi) is 5.31. The summed E-state index contributed by atoms with van der Waals surface area (Å²) in [5, 5.41) is 3.54. The van der Waals surface area contributed by atoms with Gasteiger partial charge in [0.1, 0.15) is 0 Å². The van der Waals surface area contributed by atoms with Crippen LogP contribution in [0.15, 0.2) is 48.5 Å². The third kappa shape index (κ3) is 4.34. The minimum atomic E-state index is 0.914. The average molecular weight is 309 g/mol. The van der Waals surface area contributed by atoms with Gasteiger partial charge >= 0.3 is 0 Å². The molecule has 23 heavy (non-hydrogen) atoms. The van der Waals surface area contributed by atoms with Crippen LogP contribution in [0.3, 0.4) is 0 Å². The molecule has 1 aliphatic rings. The molecule has 2 aromatic rings. The Morgan fingerprint density at radius 3 is 2.26 bits per heavy atom. The maximum Gasteiger partial charge on any atom is 0.0367 e. The van der Waals surface area contributed by atoms with E-state index < -0.39 is 0 Å². The summed E-state index contributed by atoms with van der Waals surface area (Å²) in [7, 11) is 2.19. The quantitative estimate of drug-likeness (QED) is 0.916. The van der Waals surface area contributed by atoms with E-state index in [-0.39, 0.29) is 0 Å². The highest BCUT2D eigenvalue weighted by molar-refractivity contribution is 5.48. The van der Waals surface area contributed by atoms with Crippen LogP contribution < -0.4 is 10.2 Å². The average Bonchev–Trinajstić information content (AvgIpc) is 2.58. The van der Waals surface area contributed by atoms with Gasteiger partial charge < -0.3 is 15.1 Å². The zero-order chi connectivity index (χ0) is 16.1. The van der Waals surface area contributed by atoms with E-state index in [0.717, 1.165) is 39.3 Å². The van der Waals surface area contributed by atoms with E-state index in [9.17, 15) is 0 Å². The van der Waals surface area contributed by atoms with E-state index in [4.69, 9.17) is 0 Å². The zero-order valence-electron chi connectivity index (χ0n) is 14.3. The summed E-state index contributed by atoms with van der Waals surface area (Å²) >= 11 is 0. The molecule has 0 unspecified atom stereocenters. The van der Waals surface area contributed by atoms with Crippen molar-refractivity contribution in [3.8, 4) is 0 Å². The van der Waals surface area contributed by atoms with Crippen molar-refractivity contribution in [2.24, 2.45) is 0 Å². The summed E-state index contributed by atoms with van der Waals surface area (Å²) in [5.41, 5.74) is 5.42. The molecule has 0 radical (unpaired) electrons. The fourth-order valence-electron chi connectivity index (χ4n) is 3.04. The highest BCUT2D eigenvalue weighted by Crippen LogP contribution is 2.17. The van der Waals surface area contributed by atoms with Gasteiger partial charge in [-0.3, -0.25) is 0 Å². The first kappa shape index (κ1) is 16.0. The van der Waals surface area contributed by atoms with Crippen molar-refractivity contribution in [2.45, 2.75) is 20.0 Å². The lowest BCUT2D eigenvalue weighted by Gasteiger charge is -2.34. The van der Waals surface area contributed by atoms with Crippen LogP contribution in [-0.4, -0.2) is 38.1 Å². The summed E-state index contributed by atoms with van der Waals surface area (Å²) < 4.78 is 0. The van der Waals surface area contributed by atoms with Crippen LogP contribution in [-0.2, 0) is 13.1 Å². The standard InChI is InChI=1S/C20H27N3/c1-17-5-3-4-6-19(17)16-21-15-18-7-9-20(10-8-18)23-13-11-22(2)12-14-23/h3-10,21H,11-16H2,1-2H3. The molecule has 1 fully saturated rings. The second kappa shape index (κ2) is 7.62. The van der Waals surface area contributed by atoms with Gasteiger partial charge in [0, 0.05) is 45.0 Å². The van der Waals surface area contributed by atoms with Gasteiger partial charge in [-0.25, -0.2) is 0 Å². The van der Waals surface area contributed by atoms with Crippen LogP contribution in [0.2, 0.25) is 0 Å². The van der Waals surface area contributed by atoms with E-state index in [2.05, 4.69) is 77.6 Å². The number of aryl methyl sites for hydroxylation is 1. The lowest BCUT2D eigenvalue weighted by molar-refractivity contribution is 0.313. The summed E-state index contributed by atoms with van der Waals surface area (Å²) in [5.74, 6) is 0. The lowest BCUT2D eigenvalue weighted by atomic mass is 10.1. The highest BCUT2D eigenvalue weighted by atomic mass is 15.2. The van der Waals surface area contributed by atoms with Gasteiger partial charge in [0.2, 0.25) is 0 Å². The Morgan fingerprint density at radius 1 is 0.870 bits per heavy atom. The summed E-state index contributed by atoms with van der Waals surface area (Å²) in [6.45, 7) is 8.56. The molecular formula is C20H27N3. The van der Waals surface area contributed by atoms with Crippen molar-refractivity contribution < 1.29 is 0 Å². The Labute approximate surface area is 139 Å². The number of nitrogens with one attached hydrogen (secondary N) is 1. The third-order valence-electron chi connectivity index (χ3n) is 4.71. The van der Waals surface area contributed by atoms with Gasteiger partial charge in [-0.2, -0.15) is 0 Å². The highest BCUT2D eigenvalue weighted by Gasteiger charge is 2.13. The minimum Gasteiger partial charge on any atom is -0.369 e. The second-order valence-corrected chi connectivity index (χ2v) is 6.49. The van der Waals surface area contributed by atoms with Crippen LogP contribution >= 0.6 is 0 Å². The van der Waals surface area contributed by atoms with Crippen LogP contribution in [0.4, 0.5) is 5.69 Å². The third-order valence-corrected chi connectivity index (χ3v) is 4.71. The molecule has 3 rings (SSSR count). The molecule has 0 aromatic heterocycles. The Bertz CT molecular complexity index is 613. The number of hydrogen-bond acceptors (Lipinski definition) is 3. The molecule has 3 nitrogen and oxygen atoms in total. The maximum atomic E-state index is 3.54. The number of likely N-dealkylation sites (N-methyl/N-ethyl adjacent to an activating group) is 1. The number of nitrogens with zero attached hydrogens (tertiary/aromatic N) is 2. The minimum absolute atomic E-state index is 0.914. The van der Waals surface area contributed by atoms with E-state index in [1.165, 1.54) is 22.4 Å². The molecule has 3 heteroatoms. The number of benzene rings is 2.